The molecule has 1 atom stereocenters. The van der Waals surface area contributed by atoms with Crippen LogP contribution in [-0.2, 0) is 0 Å². The zero-order chi connectivity index (χ0) is 28.7. The molecule has 6 N–H and O–H groups in total. The average molecular weight is 663 g/mol. The van der Waals surface area contributed by atoms with E-state index in [4.69, 9.17) is 23.2 Å². The van der Waals surface area contributed by atoms with Gasteiger partial charge in [0, 0.05) is 35.1 Å². The van der Waals surface area contributed by atoms with Crippen LogP contribution in [-0.4, -0.2) is 27.1 Å². The second-order valence-corrected chi connectivity index (χ2v) is 12.9. The van der Waals surface area contributed by atoms with Gasteiger partial charge in [-0.15, -0.1) is 0 Å². The van der Waals surface area contributed by atoms with E-state index in [9.17, 15) is 9.65 Å². The summed E-state index contributed by atoms with van der Waals surface area (Å²) in [6, 6.07) is 8.27. The van der Waals surface area contributed by atoms with Crippen molar-refractivity contribution in [2.24, 2.45) is 17.0 Å². The summed E-state index contributed by atoms with van der Waals surface area (Å²) in [6.07, 6.45) is 3.47. The molecule has 0 radical (unpaired) electrons. The fourth-order valence-corrected chi connectivity index (χ4v) is 5.39. The highest BCUT2D eigenvalue weighted by Gasteiger charge is 2.43. The zero-order valence-electron chi connectivity index (χ0n) is 22.7. The number of anilines is 2. The van der Waals surface area contributed by atoms with Gasteiger partial charge in [0.05, 0.1) is 39.1 Å². The van der Waals surface area contributed by atoms with Crippen LogP contribution in [0.2, 0.25) is 5.02 Å². The van der Waals surface area contributed by atoms with Crippen LogP contribution in [0.4, 0.5) is 15.8 Å². The van der Waals surface area contributed by atoms with Crippen molar-refractivity contribution in [2.45, 2.75) is 59.0 Å². The molecule has 39 heavy (non-hydrogen) atoms. The van der Waals surface area contributed by atoms with Crippen LogP contribution >= 0.6 is 34.2 Å². The lowest BCUT2D eigenvalue weighted by Gasteiger charge is -2.30. The summed E-state index contributed by atoms with van der Waals surface area (Å²) in [4.78, 5) is 8.47. The number of nitriles is 1. The van der Waals surface area contributed by atoms with Crippen LogP contribution in [0.5, 0.6) is 0 Å². The zero-order valence-corrected chi connectivity index (χ0v) is 25.6. The molecule has 2 heterocycles. The number of nitrogens with zero attached hydrogens (tertiary/aromatic N) is 4. The van der Waals surface area contributed by atoms with Crippen LogP contribution in [0.3, 0.4) is 0 Å². The Hall–Kier alpha value is -2.88. The maximum atomic E-state index is 13.9. The molecule has 0 saturated heterocycles. The number of aryl methyl sites for hydroxylation is 1. The Labute approximate surface area is 247 Å². The maximum absolute atomic E-state index is 13.9. The van der Waals surface area contributed by atoms with Gasteiger partial charge in [0.2, 0.25) is 5.95 Å². The van der Waals surface area contributed by atoms with Crippen molar-refractivity contribution < 1.29 is 4.39 Å². The Bertz CT molecular complexity index is 1490. The fraction of sp³-hybridized carbons (Fsp3) is 0.393. The summed E-state index contributed by atoms with van der Waals surface area (Å²) >= 11 is 8.87. The minimum atomic E-state index is -0.593. The summed E-state index contributed by atoms with van der Waals surface area (Å²) in [5.41, 5.74) is 10.5. The highest BCUT2D eigenvalue weighted by Crippen LogP contribution is 2.44. The van der Waals surface area contributed by atoms with E-state index in [1.165, 1.54) is 12.3 Å². The first-order valence-corrected chi connectivity index (χ1v) is 14.1. The third-order valence-electron chi connectivity index (χ3n) is 6.87. The number of hydrogen-bond donors (Lipinski definition) is 4. The van der Waals surface area contributed by atoms with E-state index in [1.54, 1.807) is 24.1 Å². The van der Waals surface area contributed by atoms with Crippen molar-refractivity contribution in [1.29, 1.82) is 5.26 Å². The van der Waals surface area contributed by atoms with Gasteiger partial charge in [0.15, 0.2) is 0 Å². The average Bonchev–Trinajstić information content (AvgIpc) is 3.62. The van der Waals surface area contributed by atoms with E-state index in [0.717, 1.165) is 12.8 Å². The van der Waals surface area contributed by atoms with Crippen molar-refractivity contribution in [3.8, 4) is 6.07 Å². The topological polar surface area (TPSA) is 129 Å². The number of hydrogen-bond acceptors (Lipinski definition) is 8. The minimum absolute atomic E-state index is 0.0254. The number of halogens is 3. The molecule has 0 spiro atoms. The second kappa shape index (κ2) is 10.9. The molecule has 2 aromatic heterocycles. The first kappa shape index (κ1) is 29.1. The molecule has 0 unspecified atom stereocenters. The van der Waals surface area contributed by atoms with Gasteiger partial charge < -0.3 is 16.4 Å². The Balaban J connectivity index is 1.84. The molecular weight excluding hydrogens is 630 g/mol. The van der Waals surface area contributed by atoms with E-state index in [2.05, 4.69) is 77.0 Å². The summed E-state index contributed by atoms with van der Waals surface area (Å²) in [5, 5.41) is 19.5. The normalized spacial score (nSPS) is 15.8. The lowest BCUT2D eigenvalue weighted by atomic mass is 9.96. The summed E-state index contributed by atoms with van der Waals surface area (Å²) in [5.74, 6) is 5.89. The molecule has 206 valence electrons. The van der Waals surface area contributed by atoms with Crippen LogP contribution in [0, 0.1) is 29.6 Å². The van der Waals surface area contributed by atoms with Gasteiger partial charge in [-0.25, -0.2) is 10.8 Å². The first-order chi connectivity index (χ1) is 18.2. The summed E-state index contributed by atoms with van der Waals surface area (Å²) < 4.78 is 14.6. The standard InChI is InChI=1S/C28H33ClFIN8/c1-15-18(6-7-21(30)37-15)25(22(33)26(31)39(34)28(5)8-9-28)38-17-10-19-23(36-14-27(2,3)4)16(12-32)13-35-24(19)20(29)11-17/h6-7,10-11,13,25,38H,8-9,14,33-34H2,1-5H3,(H,35,36)/b26-22-/t25-/m0/s1. The molecule has 0 bridgehead atoms. The molecule has 1 fully saturated rings. The number of hydrazine groups is 1. The third kappa shape index (κ3) is 6.31. The van der Waals surface area contributed by atoms with Crippen molar-refractivity contribution in [2.75, 3.05) is 17.2 Å². The number of nitrogens with two attached hydrogens (primary N) is 2. The van der Waals surface area contributed by atoms with E-state index in [1.807, 2.05) is 6.07 Å². The number of pyridine rings is 2. The molecule has 1 saturated carbocycles. The predicted octanol–water partition coefficient (Wildman–Crippen LogP) is 6.50. The van der Waals surface area contributed by atoms with Crippen molar-refractivity contribution in [1.82, 2.24) is 15.0 Å². The van der Waals surface area contributed by atoms with E-state index >= 15 is 0 Å². The smallest absolute Gasteiger partial charge is 0.213 e. The Morgan fingerprint density at radius 2 is 2.03 bits per heavy atom. The minimum Gasteiger partial charge on any atom is -0.398 e. The molecule has 3 aromatic rings. The van der Waals surface area contributed by atoms with Crippen LogP contribution in [0.1, 0.15) is 63.4 Å². The molecule has 1 aliphatic rings. The highest BCUT2D eigenvalue weighted by atomic mass is 127. The Morgan fingerprint density at radius 1 is 1.33 bits per heavy atom. The van der Waals surface area contributed by atoms with Crippen LogP contribution in [0.15, 0.2) is 39.9 Å². The molecule has 4 rings (SSSR count). The number of fused-ring (bicyclic) bond motifs is 1. The fourth-order valence-electron chi connectivity index (χ4n) is 4.22. The van der Waals surface area contributed by atoms with E-state index < -0.39 is 12.0 Å². The van der Waals surface area contributed by atoms with Crippen LogP contribution < -0.4 is 22.2 Å². The van der Waals surface area contributed by atoms with Crippen molar-refractivity contribution in [3.63, 3.8) is 0 Å². The second-order valence-electron chi connectivity index (χ2n) is 11.4. The summed E-state index contributed by atoms with van der Waals surface area (Å²) in [7, 11) is 0. The van der Waals surface area contributed by atoms with E-state index in [0.29, 0.717) is 60.1 Å². The van der Waals surface area contributed by atoms with Gasteiger partial charge in [0.25, 0.3) is 0 Å². The van der Waals surface area contributed by atoms with Gasteiger partial charge in [-0.2, -0.15) is 9.65 Å². The van der Waals surface area contributed by atoms with Gasteiger partial charge >= 0.3 is 0 Å². The van der Waals surface area contributed by atoms with Crippen LogP contribution in [0.25, 0.3) is 10.9 Å². The molecule has 8 nitrogen and oxygen atoms in total. The number of rotatable bonds is 8. The summed E-state index contributed by atoms with van der Waals surface area (Å²) in [6.45, 7) is 10.8. The predicted molar refractivity (Wildman–Crippen MR) is 164 cm³/mol. The molecule has 1 aromatic carbocycles. The largest absolute Gasteiger partial charge is 0.398 e. The monoisotopic (exact) mass is 662 g/mol. The lowest BCUT2D eigenvalue weighted by molar-refractivity contribution is 0.275. The van der Waals surface area contributed by atoms with Crippen molar-refractivity contribution in [3.05, 3.63) is 67.7 Å². The molecule has 11 heteroatoms. The van der Waals surface area contributed by atoms with Gasteiger partial charge in [-0.1, -0.05) is 38.4 Å². The van der Waals surface area contributed by atoms with Gasteiger partial charge in [-0.3, -0.25) is 9.99 Å². The highest BCUT2D eigenvalue weighted by molar-refractivity contribution is 14.1. The quantitative estimate of drug-likeness (QED) is 0.0707. The lowest BCUT2D eigenvalue weighted by Crippen LogP contribution is -2.40. The Morgan fingerprint density at radius 3 is 2.62 bits per heavy atom. The maximum Gasteiger partial charge on any atom is 0.213 e. The van der Waals surface area contributed by atoms with Gasteiger partial charge in [0.1, 0.15) is 9.77 Å². The number of aromatic nitrogens is 2. The molecule has 0 amide bonds. The van der Waals surface area contributed by atoms with E-state index in [-0.39, 0.29) is 11.0 Å². The molecule has 1 aliphatic carbocycles. The van der Waals surface area contributed by atoms with Gasteiger partial charge in [-0.05, 0) is 72.9 Å². The SMILES string of the molecule is Cc1nc(F)ccc1[C@H](Nc1cc(Cl)c2ncc(C#N)c(NCC(C)(C)C)c2c1)/C(N)=C(\I)N(N)C1(C)CC1. The van der Waals surface area contributed by atoms with Crippen molar-refractivity contribution >= 4 is 56.5 Å². The first-order valence-electron chi connectivity index (χ1n) is 12.6. The number of benzene rings is 1. The molecule has 0 aliphatic heterocycles. The molecular formula is C28H33ClFIN8. The third-order valence-corrected chi connectivity index (χ3v) is 8.30. The Kier molecular flexibility index (Phi) is 8.17. The number of nitrogens with one attached hydrogen (secondary N) is 2.